The van der Waals surface area contributed by atoms with Crippen molar-refractivity contribution >= 4 is 22.6 Å². The summed E-state index contributed by atoms with van der Waals surface area (Å²) in [5.74, 6) is 0.932. The third-order valence-electron chi connectivity index (χ3n) is 7.03. The van der Waals surface area contributed by atoms with E-state index < -0.39 is 5.60 Å². The molecular weight excluding hydrogens is 416 g/mol. The second-order valence-corrected chi connectivity index (χ2v) is 8.84. The highest BCUT2D eigenvalue weighted by Gasteiger charge is 2.38. The molecule has 1 aliphatic carbocycles. The second kappa shape index (κ2) is 7.03. The van der Waals surface area contributed by atoms with Crippen LogP contribution in [-0.2, 0) is 5.60 Å². The van der Waals surface area contributed by atoms with E-state index in [0.717, 1.165) is 55.5 Å². The number of fused-ring (bicyclic) bond motifs is 7. The van der Waals surface area contributed by atoms with Gasteiger partial charge in [-0.3, -0.25) is 4.79 Å². The summed E-state index contributed by atoms with van der Waals surface area (Å²) in [6.45, 7) is 0. The molecule has 0 N–H and O–H groups in total. The van der Waals surface area contributed by atoms with Crippen LogP contribution >= 0.6 is 0 Å². The maximum Gasteiger partial charge on any atom is 0.194 e. The zero-order valence-corrected chi connectivity index (χ0v) is 18.4. The van der Waals surface area contributed by atoms with Crippen LogP contribution in [0.2, 0.25) is 0 Å². The minimum atomic E-state index is -0.740. The Morgan fingerprint density at radius 1 is 0.559 bits per heavy atom. The van der Waals surface area contributed by atoms with E-state index in [1.807, 2.05) is 72.8 Å². The van der Waals surface area contributed by atoms with E-state index in [2.05, 4.69) is 48.6 Å². The van der Waals surface area contributed by atoms with Crippen LogP contribution in [0.3, 0.4) is 0 Å². The molecule has 0 saturated carbocycles. The predicted molar refractivity (Wildman–Crippen MR) is 136 cm³/mol. The summed E-state index contributed by atoms with van der Waals surface area (Å²) in [6.07, 6.45) is 4.31. The lowest BCUT2D eigenvalue weighted by Gasteiger charge is -2.36. The van der Waals surface area contributed by atoms with Crippen LogP contribution in [0.25, 0.3) is 28.0 Å². The Morgan fingerprint density at radius 3 is 1.88 bits per heavy atom. The quantitative estimate of drug-likeness (QED) is 0.283. The van der Waals surface area contributed by atoms with Crippen molar-refractivity contribution in [2.75, 3.05) is 0 Å². The van der Waals surface area contributed by atoms with Gasteiger partial charge in [0.25, 0.3) is 0 Å². The van der Waals surface area contributed by atoms with E-state index in [0.29, 0.717) is 0 Å². The first-order valence-electron chi connectivity index (χ1n) is 11.5. The first kappa shape index (κ1) is 19.1. The fourth-order valence-electron chi connectivity index (χ4n) is 5.41. The van der Waals surface area contributed by atoms with Gasteiger partial charge in [0, 0.05) is 38.8 Å². The normalized spacial score (nSPS) is 14.9. The number of ketones is 1. The van der Waals surface area contributed by atoms with Gasteiger partial charge in [-0.25, -0.2) is 0 Å². The van der Waals surface area contributed by atoms with Crippen molar-refractivity contribution in [3.63, 3.8) is 0 Å². The van der Waals surface area contributed by atoms with Crippen molar-refractivity contribution < 1.29 is 9.53 Å². The number of rotatable bonds is 2. The summed E-state index contributed by atoms with van der Waals surface area (Å²) in [7, 11) is 0. The third kappa shape index (κ3) is 2.54. The summed E-state index contributed by atoms with van der Waals surface area (Å²) in [4.78, 5) is 13.1. The maximum absolute atomic E-state index is 13.1. The van der Waals surface area contributed by atoms with E-state index in [1.165, 1.54) is 0 Å². The third-order valence-corrected chi connectivity index (χ3v) is 7.03. The van der Waals surface area contributed by atoms with E-state index in [-0.39, 0.29) is 5.78 Å². The zero-order valence-electron chi connectivity index (χ0n) is 18.4. The van der Waals surface area contributed by atoms with Crippen LogP contribution < -0.4 is 4.74 Å². The minimum Gasteiger partial charge on any atom is -0.472 e. The number of hydrogen-bond acceptors (Lipinski definition) is 2. The molecule has 2 aliphatic rings. The molecule has 0 aromatic heterocycles. The topological polar surface area (TPSA) is 26.3 Å². The van der Waals surface area contributed by atoms with Gasteiger partial charge in [0.05, 0.1) is 0 Å². The maximum atomic E-state index is 13.1. The molecule has 34 heavy (non-hydrogen) atoms. The van der Waals surface area contributed by atoms with Gasteiger partial charge in [0.1, 0.15) is 5.75 Å². The number of carbonyl (C=O) groups excluding carboxylic acids is 1. The van der Waals surface area contributed by atoms with Gasteiger partial charge in [0.2, 0.25) is 0 Å². The average Bonchev–Trinajstić information content (AvgIpc) is 3.21. The largest absolute Gasteiger partial charge is 0.472 e. The van der Waals surface area contributed by atoms with Crippen LogP contribution in [0.1, 0.15) is 32.6 Å². The smallest absolute Gasteiger partial charge is 0.194 e. The molecule has 2 nitrogen and oxygen atoms in total. The summed E-state index contributed by atoms with van der Waals surface area (Å²) in [6, 6.07) is 36.8. The predicted octanol–water partition coefficient (Wildman–Crippen LogP) is 7.40. The Hall–Kier alpha value is -4.43. The molecule has 0 radical (unpaired) electrons. The molecule has 7 rings (SSSR count). The Bertz CT molecular complexity index is 1590. The van der Waals surface area contributed by atoms with Gasteiger partial charge in [-0.15, -0.1) is 0 Å². The molecule has 5 aromatic carbocycles. The van der Waals surface area contributed by atoms with E-state index >= 15 is 0 Å². The molecule has 0 bridgehead atoms. The van der Waals surface area contributed by atoms with Crippen molar-refractivity contribution in [1.29, 1.82) is 0 Å². The fraction of sp³-hybridized carbons (Fsp3) is 0.0312. The molecule has 5 aromatic rings. The van der Waals surface area contributed by atoms with Crippen molar-refractivity contribution in [2.45, 2.75) is 5.60 Å². The summed E-state index contributed by atoms with van der Waals surface area (Å²) >= 11 is 0. The second-order valence-electron chi connectivity index (χ2n) is 8.84. The Labute approximate surface area is 197 Å². The summed E-state index contributed by atoms with van der Waals surface area (Å²) in [5, 5.41) is 2.06. The van der Waals surface area contributed by atoms with E-state index in [4.69, 9.17) is 4.74 Å². The van der Waals surface area contributed by atoms with Crippen molar-refractivity contribution in [2.24, 2.45) is 0 Å². The molecule has 160 valence electrons. The molecule has 0 fully saturated rings. The van der Waals surface area contributed by atoms with Crippen molar-refractivity contribution in [3.05, 3.63) is 143 Å². The molecule has 2 heteroatoms. The molecule has 0 atom stereocenters. The first-order chi connectivity index (χ1) is 16.8. The zero-order chi connectivity index (χ0) is 22.7. The van der Waals surface area contributed by atoms with Crippen LogP contribution in [0.5, 0.6) is 5.75 Å². The Morgan fingerprint density at radius 2 is 1.18 bits per heavy atom. The highest BCUT2D eigenvalue weighted by molar-refractivity contribution is 6.26. The van der Waals surface area contributed by atoms with Crippen LogP contribution in [0, 0.1) is 0 Å². The van der Waals surface area contributed by atoms with E-state index in [9.17, 15) is 4.79 Å². The average molecular weight is 437 g/mol. The lowest BCUT2D eigenvalue weighted by molar-refractivity contribution is 0.104. The van der Waals surface area contributed by atoms with Gasteiger partial charge >= 0.3 is 0 Å². The Kier molecular flexibility index (Phi) is 3.95. The van der Waals surface area contributed by atoms with Crippen LogP contribution in [-0.4, -0.2) is 5.78 Å². The van der Waals surface area contributed by atoms with Crippen molar-refractivity contribution in [1.82, 2.24) is 0 Å². The number of carbonyl (C=O) groups is 1. The molecule has 0 amide bonds. The number of hydrogen-bond donors (Lipinski definition) is 0. The van der Waals surface area contributed by atoms with Gasteiger partial charge in [0.15, 0.2) is 11.4 Å². The van der Waals surface area contributed by atoms with Crippen molar-refractivity contribution in [3.8, 4) is 16.9 Å². The van der Waals surface area contributed by atoms with Gasteiger partial charge < -0.3 is 4.74 Å². The first-order valence-corrected chi connectivity index (χ1v) is 11.5. The molecule has 0 saturated heterocycles. The number of benzene rings is 5. The lowest BCUT2D eigenvalue weighted by atomic mass is 9.83. The standard InChI is InChI=1S/C32H20O2/c33-30-26-14-8-7-13-24(26)29-25-16-15-21-19-20-32(22-9-3-1-4-10-22,23-11-5-2-6-12-23)34-31(21)27(25)17-18-28(29)30/h1-20H. The highest BCUT2D eigenvalue weighted by atomic mass is 16.5. The minimum absolute atomic E-state index is 0.0916. The monoisotopic (exact) mass is 436 g/mol. The SMILES string of the molecule is O=C1c2ccccc2-c2c1ccc1c3c(ccc21)C=CC(c1ccccc1)(c1ccccc1)O3. The van der Waals surface area contributed by atoms with Gasteiger partial charge in [-0.2, -0.15) is 0 Å². The fourth-order valence-corrected chi connectivity index (χ4v) is 5.41. The van der Waals surface area contributed by atoms with Gasteiger partial charge in [-0.05, 0) is 29.2 Å². The van der Waals surface area contributed by atoms with Crippen LogP contribution in [0.4, 0.5) is 0 Å². The molecule has 0 unspecified atom stereocenters. The molecular formula is C32H20O2. The number of ether oxygens (including phenoxy) is 1. The van der Waals surface area contributed by atoms with Gasteiger partial charge in [-0.1, -0.05) is 103 Å². The van der Waals surface area contributed by atoms with Crippen LogP contribution in [0.15, 0.2) is 115 Å². The molecule has 1 heterocycles. The summed E-state index contributed by atoms with van der Waals surface area (Å²) < 4.78 is 7.01. The summed E-state index contributed by atoms with van der Waals surface area (Å²) in [5.41, 5.74) is 5.97. The molecule has 0 spiro atoms. The highest BCUT2D eigenvalue weighted by Crippen LogP contribution is 2.48. The Balaban J connectivity index is 1.49. The van der Waals surface area contributed by atoms with E-state index in [1.54, 1.807) is 0 Å². The molecule has 1 aliphatic heterocycles. The lowest BCUT2D eigenvalue weighted by Crippen LogP contribution is -2.34.